The van der Waals surface area contributed by atoms with Crippen LogP contribution in [-0.4, -0.2) is 41.8 Å². The van der Waals surface area contributed by atoms with Gasteiger partial charge in [-0.1, -0.05) is 13.8 Å². The van der Waals surface area contributed by atoms with Crippen LogP contribution in [0.15, 0.2) is 0 Å². The largest absolute Gasteiger partial charge is 0.369 e. The fraction of sp³-hybridized carbons (Fsp3) is 0.643. The van der Waals surface area contributed by atoms with Crippen LogP contribution in [0.25, 0.3) is 0 Å². The molecule has 1 atom stereocenters. The van der Waals surface area contributed by atoms with Crippen LogP contribution in [0.5, 0.6) is 0 Å². The number of likely N-dealkylation sites (tertiary alicyclic amines) is 1. The van der Waals surface area contributed by atoms with Crippen molar-refractivity contribution in [3.63, 3.8) is 0 Å². The summed E-state index contributed by atoms with van der Waals surface area (Å²) in [5.74, 6) is -1.15. The van der Waals surface area contributed by atoms with Crippen molar-refractivity contribution in [1.82, 2.24) is 10.2 Å². The van der Waals surface area contributed by atoms with Crippen molar-refractivity contribution in [2.24, 2.45) is 11.1 Å². The molecule has 21 heavy (non-hydrogen) atoms. The number of hydrogen-bond acceptors (Lipinski definition) is 4. The fourth-order valence-electron chi connectivity index (χ4n) is 1.93. The number of nitrogens with zero attached hydrogens (tertiary/aromatic N) is 2. The third-order valence-corrected chi connectivity index (χ3v) is 3.79. The number of rotatable bonds is 5. The van der Waals surface area contributed by atoms with Gasteiger partial charge in [-0.2, -0.15) is 5.26 Å². The molecule has 3 amide bonds. The zero-order valence-electron chi connectivity index (χ0n) is 12.6. The summed E-state index contributed by atoms with van der Waals surface area (Å²) in [6.07, 6.45) is 1.81. The monoisotopic (exact) mass is 293 g/mol. The maximum absolute atomic E-state index is 11.9. The van der Waals surface area contributed by atoms with Gasteiger partial charge in [0.25, 0.3) is 0 Å². The first-order chi connectivity index (χ1) is 9.62. The molecule has 7 nitrogen and oxygen atoms in total. The standard InChI is InChI=1S/C14H21N4O3/c1-13(2,12(16)21)5-4-10(19)17-14(9-15)6-7-18(3)11(20)8-14/h4H,5-8H2,1-3H3,(H2,16,21)(H,17,19). The third kappa shape index (κ3) is 4.18. The van der Waals surface area contributed by atoms with Crippen LogP contribution in [0.3, 0.4) is 0 Å². The highest BCUT2D eigenvalue weighted by Crippen LogP contribution is 2.24. The summed E-state index contributed by atoms with van der Waals surface area (Å²) >= 11 is 0. The van der Waals surface area contributed by atoms with E-state index in [-0.39, 0.29) is 18.7 Å². The number of nitrogens with two attached hydrogens (primary N) is 1. The van der Waals surface area contributed by atoms with E-state index in [0.717, 1.165) is 0 Å². The van der Waals surface area contributed by atoms with Crippen molar-refractivity contribution in [3.8, 4) is 6.07 Å². The molecule has 1 radical (unpaired) electrons. The minimum atomic E-state index is -1.17. The SMILES string of the molecule is CN1CCC(C#N)(NC(=O)[CH]CC(C)(C)C(N)=O)CC1=O. The Balaban J connectivity index is 2.63. The number of amides is 3. The molecule has 0 aromatic rings. The lowest BCUT2D eigenvalue weighted by Crippen LogP contribution is -2.55. The number of primary amides is 1. The van der Waals surface area contributed by atoms with E-state index in [2.05, 4.69) is 5.32 Å². The average molecular weight is 293 g/mol. The van der Waals surface area contributed by atoms with Crippen molar-refractivity contribution in [1.29, 1.82) is 5.26 Å². The lowest BCUT2D eigenvalue weighted by molar-refractivity contribution is -0.134. The second-order valence-electron chi connectivity index (χ2n) is 6.08. The van der Waals surface area contributed by atoms with Crippen LogP contribution in [0.2, 0.25) is 0 Å². The smallest absolute Gasteiger partial charge is 0.225 e. The van der Waals surface area contributed by atoms with E-state index in [4.69, 9.17) is 5.73 Å². The second-order valence-corrected chi connectivity index (χ2v) is 6.08. The Morgan fingerprint density at radius 3 is 2.67 bits per heavy atom. The summed E-state index contributed by atoms with van der Waals surface area (Å²) in [7, 11) is 1.66. The molecule has 0 aromatic carbocycles. The van der Waals surface area contributed by atoms with Gasteiger partial charge >= 0.3 is 0 Å². The molecule has 0 spiro atoms. The molecule has 0 aromatic heterocycles. The highest BCUT2D eigenvalue weighted by Gasteiger charge is 2.39. The summed E-state index contributed by atoms with van der Waals surface area (Å²) in [5, 5.41) is 11.9. The normalized spacial score (nSPS) is 22.6. The lowest BCUT2D eigenvalue weighted by atomic mass is 9.85. The average Bonchev–Trinajstić information content (AvgIpc) is 2.41. The van der Waals surface area contributed by atoms with Gasteiger partial charge in [-0.25, -0.2) is 0 Å². The highest BCUT2D eigenvalue weighted by atomic mass is 16.2. The van der Waals surface area contributed by atoms with Crippen molar-refractivity contribution in [2.75, 3.05) is 13.6 Å². The van der Waals surface area contributed by atoms with Gasteiger partial charge in [0.1, 0.15) is 5.54 Å². The Bertz CT molecular complexity index is 495. The molecular weight excluding hydrogens is 272 g/mol. The lowest BCUT2D eigenvalue weighted by Gasteiger charge is -2.35. The minimum Gasteiger partial charge on any atom is -0.369 e. The Morgan fingerprint density at radius 1 is 1.57 bits per heavy atom. The highest BCUT2D eigenvalue weighted by molar-refractivity contribution is 5.89. The number of carbonyl (C=O) groups excluding carboxylic acids is 3. The summed E-state index contributed by atoms with van der Waals surface area (Å²) in [6.45, 7) is 3.69. The fourth-order valence-corrected chi connectivity index (χ4v) is 1.93. The first-order valence-electron chi connectivity index (χ1n) is 6.72. The molecule has 3 N–H and O–H groups in total. The van der Waals surface area contributed by atoms with Crippen molar-refractivity contribution >= 4 is 17.7 Å². The van der Waals surface area contributed by atoms with Crippen LogP contribution in [0, 0.1) is 23.2 Å². The van der Waals surface area contributed by atoms with Crippen molar-refractivity contribution < 1.29 is 14.4 Å². The number of carbonyl (C=O) groups is 3. The van der Waals surface area contributed by atoms with Crippen LogP contribution in [0.4, 0.5) is 0 Å². The van der Waals surface area contributed by atoms with E-state index in [1.165, 1.54) is 11.3 Å². The Morgan fingerprint density at radius 2 is 2.19 bits per heavy atom. The molecular formula is C14H21N4O3. The van der Waals surface area contributed by atoms with E-state index in [1.807, 2.05) is 6.07 Å². The molecule has 1 fully saturated rings. The maximum atomic E-state index is 11.9. The van der Waals surface area contributed by atoms with Crippen LogP contribution < -0.4 is 11.1 Å². The molecule has 115 valence electrons. The van der Waals surface area contributed by atoms with E-state index in [1.54, 1.807) is 20.9 Å². The molecule has 0 saturated carbocycles. The summed E-state index contributed by atoms with van der Waals surface area (Å²) in [4.78, 5) is 36.4. The van der Waals surface area contributed by atoms with Gasteiger partial charge in [0.05, 0.1) is 18.9 Å². The first kappa shape index (κ1) is 17.0. The van der Waals surface area contributed by atoms with Gasteiger partial charge < -0.3 is 16.0 Å². The number of hydrogen-bond donors (Lipinski definition) is 2. The van der Waals surface area contributed by atoms with E-state index in [0.29, 0.717) is 13.0 Å². The molecule has 1 aliphatic rings. The van der Waals surface area contributed by atoms with Crippen LogP contribution in [0.1, 0.15) is 33.1 Å². The molecule has 1 aliphatic heterocycles. The van der Waals surface area contributed by atoms with Gasteiger partial charge in [-0.15, -0.1) is 0 Å². The zero-order valence-corrected chi connectivity index (χ0v) is 12.6. The Kier molecular flexibility index (Phi) is 4.94. The number of piperidine rings is 1. The molecule has 1 unspecified atom stereocenters. The quantitative estimate of drug-likeness (QED) is 0.725. The van der Waals surface area contributed by atoms with Crippen molar-refractivity contribution in [3.05, 3.63) is 6.42 Å². The topological polar surface area (TPSA) is 116 Å². The summed E-state index contributed by atoms with van der Waals surface area (Å²) in [6, 6.07) is 2.03. The summed E-state index contributed by atoms with van der Waals surface area (Å²) in [5.41, 5.74) is 3.23. The minimum absolute atomic E-state index is 0.0429. The second kappa shape index (κ2) is 6.12. The molecule has 7 heteroatoms. The van der Waals surface area contributed by atoms with Crippen molar-refractivity contribution in [2.45, 2.75) is 38.6 Å². The van der Waals surface area contributed by atoms with Gasteiger partial charge in [0.2, 0.25) is 17.7 Å². The van der Waals surface area contributed by atoms with Crippen LogP contribution >= 0.6 is 0 Å². The van der Waals surface area contributed by atoms with Gasteiger partial charge in [0, 0.05) is 25.4 Å². The third-order valence-electron chi connectivity index (χ3n) is 3.79. The van der Waals surface area contributed by atoms with Crippen LogP contribution in [-0.2, 0) is 14.4 Å². The van der Waals surface area contributed by atoms with E-state index < -0.39 is 22.8 Å². The Hall–Kier alpha value is -2.10. The van der Waals surface area contributed by atoms with E-state index in [9.17, 15) is 19.6 Å². The molecule has 1 rings (SSSR count). The van der Waals surface area contributed by atoms with E-state index >= 15 is 0 Å². The predicted molar refractivity (Wildman–Crippen MR) is 75.3 cm³/mol. The first-order valence-corrected chi connectivity index (χ1v) is 6.72. The summed E-state index contributed by atoms with van der Waals surface area (Å²) < 4.78 is 0. The van der Waals surface area contributed by atoms with Gasteiger partial charge in [-0.05, 0) is 6.42 Å². The molecule has 1 heterocycles. The predicted octanol–water partition coefficient (Wildman–Crippen LogP) is -0.277. The molecule has 0 bridgehead atoms. The Labute approximate surface area is 124 Å². The zero-order chi connectivity index (χ0) is 16.3. The number of nitrogens with one attached hydrogen (secondary N) is 1. The van der Waals surface area contributed by atoms with Gasteiger partial charge in [-0.3, -0.25) is 14.4 Å². The molecule has 1 saturated heterocycles. The number of nitriles is 1. The molecule has 0 aliphatic carbocycles. The van der Waals surface area contributed by atoms with Gasteiger partial charge in [0.15, 0.2) is 0 Å². The maximum Gasteiger partial charge on any atom is 0.225 e.